The summed E-state index contributed by atoms with van der Waals surface area (Å²) in [6.07, 6.45) is 22.4. The highest BCUT2D eigenvalue weighted by Gasteiger charge is 2.41. The zero-order valence-corrected chi connectivity index (χ0v) is 21.9. The van der Waals surface area contributed by atoms with Gasteiger partial charge in [0, 0.05) is 0 Å². The van der Waals surface area contributed by atoms with Gasteiger partial charge in [-0.15, -0.1) is 0 Å². The lowest BCUT2D eigenvalue weighted by Crippen LogP contribution is -2.39. The van der Waals surface area contributed by atoms with E-state index in [1.54, 1.807) is 6.92 Å². The number of carbonyl (C=O) groups is 1. The molecule has 34 heavy (non-hydrogen) atoms. The van der Waals surface area contributed by atoms with Gasteiger partial charge in [-0.3, -0.25) is 4.79 Å². The van der Waals surface area contributed by atoms with E-state index in [1.165, 1.54) is 56.9 Å². The van der Waals surface area contributed by atoms with E-state index in [0.717, 1.165) is 51.4 Å². The maximum Gasteiger partial charge on any atom is 0.309 e. The number of hydrogen-bond donors (Lipinski definition) is 2. The van der Waals surface area contributed by atoms with Crippen LogP contribution in [0, 0.1) is 11.8 Å². The summed E-state index contributed by atoms with van der Waals surface area (Å²) in [5.41, 5.74) is 1.41. The van der Waals surface area contributed by atoms with Crippen molar-refractivity contribution in [1.29, 1.82) is 0 Å². The molecule has 3 heteroatoms. The summed E-state index contributed by atoms with van der Waals surface area (Å²) in [6.45, 7) is 3.91. The average molecular weight is 471 g/mol. The van der Waals surface area contributed by atoms with Crippen LogP contribution in [0.4, 0.5) is 0 Å². The molecule has 0 amide bonds. The molecular weight excluding hydrogens is 420 g/mol. The van der Waals surface area contributed by atoms with Gasteiger partial charge in [0.05, 0.1) is 12.0 Å². The van der Waals surface area contributed by atoms with Crippen LogP contribution in [-0.4, -0.2) is 22.3 Å². The summed E-state index contributed by atoms with van der Waals surface area (Å²) in [5.74, 6) is -1.53. The molecule has 0 aliphatic heterocycles. The molecule has 0 radical (unpaired) electrons. The fourth-order valence-electron chi connectivity index (χ4n) is 6.11. The third-order valence-corrected chi connectivity index (χ3v) is 8.00. The second kappa shape index (κ2) is 16.1. The number of aliphatic hydroxyl groups excluding tert-OH is 1. The molecule has 0 spiro atoms. The number of benzene rings is 1. The van der Waals surface area contributed by atoms with Gasteiger partial charge in [0.2, 0.25) is 0 Å². The topological polar surface area (TPSA) is 57.5 Å². The summed E-state index contributed by atoms with van der Waals surface area (Å²) in [7, 11) is 0. The molecule has 1 aromatic rings. The van der Waals surface area contributed by atoms with E-state index >= 15 is 0 Å². The van der Waals surface area contributed by atoms with Gasteiger partial charge in [0.1, 0.15) is 0 Å². The first kappa shape index (κ1) is 28.6. The monoisotopic (exact) mass is 470 g/mol. The number of rotatable bonds is 17. The van der Waals surface area contributed by atoms with Gasteiger partial charge in [-0.05, 0) is 75.2 Å². The van der Waals surface area contributed by atoms with Crippen LogP contribution in [0.5, 0.6) is 0 Å². The molecule has 0 bridgehead atoms. The Hall–Kier alpha value is -1.61. The molecule has 0 heterocycles. The molecule has 1 fully saturated rings. The predicted octanol–water partition coefficient (Wildman–Crippen LogP) is 8.45. The van der Waals surface area contributed by atoms with Crippen LogP contribution in [0.1, 0.15) is 122 Å². The maximum atomic E-state index is 12.2. The van der Waals surface area contributed by atoms with Crippen molar-refractivity contribution in [1.82, 2.24) is 0 Å². The smallest absolute Gasteiger partial charge is 0.309 e. The SMILES string of the molecule is CCCCCCC=CCCCCCC(CC1(c2ccccc2)CCCCC1)C(C(=O)O)C(C)O. The summed E-state index contributed by atoms with van der Waals surface area (Å²) in [6, 6.07) is 10.7. The number of aliphatic carboxylic acids is 1. The zero-order valence-electron chi connectivity index (χ0n) is 21.9. The first-order chi connectivity index (χ1) is 16.5. The van der Waals surface area contributed by atoms with Crippen molar-refractivity contribution < 1.29 is 15.0 Å². The molecule has 1 aliphatic carbocycles. The lowest BCUT2D eigenvalue weighted by Gasteiger charge is -2.42. The molecule has 3 unspecified atom stereocenters. The van der Waals surface area contributed by atoms with Crippen molar-refractivity contribution in [3.8, 4) is 0 Å². The Labute approximate surface area is 209 Å². The molecular formula is C31H50O3. The van der Waals surface area contributed by atoms with E-state index in [4.69, 9.17) is 0 Å². The van der Waals surface area contributed by atoms with E-state index in [-0.39, 0.29) is 11.3 Å². The molecule has 3 atom stereocenters. The van der Waals surface area contributed by atoms with Crippen LogP contribution in [0.25, 0.3) is 0 Å². The fourth-order valence-corrected chi connectivity index (χ4v) is 6.11. The van der Waals surface area contributed by atoms with Gasteiger partial charge >= 0.3 is 5.97 Å². The third-order valence-electron chi connectivity index (χ3n) is 8.00. The van der Waals surface area contributed by atoms with Gasteiger partial charge in [0.15, 0.2) is 0 Å². The third kappa shape index (κ3) is 9.56. The lowest BCUT2D eigenvalue weighted by molar-refractivity contribution is -0.148. The van der Waals surface area contributed by atoms with E-state index in [0.29, 0.717) is 0 Å². The number of aliphatic hydroxyl groups is 1. The van der Waals surface area contributed by atoms with Crippen molar-refractivity contribution in [2.75, 3.05) is 0 Å². The van der Waals surface area contributed by atoms with Gasteiger partial charge in [-0.25, -0.2) is 0 Å². The highest BCUT2D eigenvalue weighted by atomic mass is 16.4. The normalized spacial score (nSPS) is 18.6. The second-order valence-corrected chi connectivity index (χ2v) is 10.7. The van der Waals surface area contributed by atoms with Crippen LogP contribution in [0.3, 0.4) is 0 Å². The summed E-state index contributed by atoms with van der Waals surface area (Å²) >= 11 is 0. The van der Waals surface area contributed by atoms with Crippen LogP contribution in [0.15, 0.2) is 42.5 Å². The van der Waals surface area contributed by atoms with Gasteiger partial charge in [-0.2, -0.15) is 0 Å². The Kier molecular flexibility index (Phi) is 13.6. The van der Waals surface area contributed by atoms with Gasteiger partial charge in [-0.1, -0.05) is 101 Å². The largest absolute Gasteiger partial charge is 0.481 e. The molecule has 192 valence electrons. The Morgan fingerprint density at radius 1 is 0.941 bits per heavy atom. The highest BCUT2D eigenvalue weighted by molar-refractivity contribution is 5.71. The quantitative estimate of drug-likeness (QED) is 0.177. The zero-order chi connectivity index (χ0) is 24.7. The van der Waals surface area contributed by atoms with Gasteiger partial charge < -0.3 is 10.2 Å². The van der Waals surface area contributed by atoms with E-state index < -0.39 is 18.0 Å². The summed E-state index contributed by atoms with van der Waals surface area (Å²) < 4.78 is 0. The van der Waals surface area contributed by atoms with Crippen molar-refractivity contribution in [3.63, 3.8) is 0 Å². The van der Waals surface area contributed by atoms with Crippen molar-refractivity contribution in [3.05, 3.63) is 48.0 Å². The standard InChI is InChI=1S/C31H50O3/c1-3-4-5-6-7-8-9-10-11-12-15-20-27(29(26(2)32)30(33)34)25-31(23-18-14-19-24-31)28-21-16-13-17-22-28/h8-9,13,16-17,21-22,26-27,29,32H,3-7,10-12,14-15,18-20,23-25H2,1-2H3,(H,33,34). The minimum Gasteiger partial charge on any atom is -0.481 e. The van der Waals surface area contributed by atoms with E-state index in [2.05, 4.69) is 49.4 Å². The van der Waals surface area contributed by atoms with Crippen LogP contribution >= 0.6 is 0 Å². The Morgan fingerprint density at radius 3 is 2.12 bits per heavy atom. The molecule has 3 nitrogen and oxygen atoms in total. The number of carboxylic acids is 1. The van der Waals surface area contributed by atoms with E-state index in [1.807, 2.05) is 0 Å². The number of carboxylic acid groups (broad SMARTS) is 1. The molecule has 0 saturated heterocycles. The maximum absolute atomic E-state index is 12.2. The van der Waals surface area contributed by atoms with Crippen molar-refractivity contribution >= 4 is 5.97 Å². The van der Waals surface area contributed by atoms with Crippen molar-refractivity contribution in [2.24, 2.45) is 11.8 Å². The Morgan fingerprint density at radius 2 is 1.56 bits per heavy atom. The lowest BCUT2D eigenvalue weighted by atomic mass is 9.62. The molecule has 2 N–H and O–H groups in total. The summed E-state index contributed by atoms with van der Waals surface area (Å²) in [4.78, 5) is 12.2. The van der Waals surface area contributed by atoms with Crippen molar-refractivity contribution in [2.45, 2.75) is 128 Å². The fraction of sp³-hybridized carbons (Fsp3) is 0.710. The molecule has 0 aromatic heterocycles. The number of unbranched alkanes of at least 4 members (excludes halogenated alkanes) is 7. The Balaban J connectivity index is 1.96. The van der Waals surface area contributed by atoms with Gasteiger partial charge in [0.25, 0.3) is 0 Å². The first-order valence-corrected chi connectivity index (χ1v) is 14.1. The first-order valence-electron chi connectivity index (χ1n) is 14.1. The van der Waals surface area contributed by atoms with Crippen LogP contribution in [-0.2, 0) is 10.2 Å². The Bertz CT molecular complexity index is 688. The average Bonchev–Trinajstić information content (AvgIpc) is 2.83. The number of hydrogen-bond acceptors (Lipinski definition) is 2. The predicted molar refractivity (Wildman–Crippen MR) is 143 cm³/mol. The number of allylic oxidation sites excluding steroid dienone is 2. The highest BCUT2D eigenvalue weighted by Crippen LogP contribution is 2.46. The summed E-state index contributed by atoms with van der Waals surface area (Å²) in [5, 5.41) is 20.4. The van der Waals surface area contributed by atoms with Crippen LogP contribution < -0.4 is 0 Å². The minimum absolute atomic E-state index is 0.00455. The molecule has 1 aliphatic rings. The molecule has 1 aromatic carbocycles. The van der Waals surface area contributed by atoms with E-state index in [9.17, 15) is 15.0 Å². The minimum atomic E-state index is -0.843. The molecule has 1 saturated carbocycles. The molecule has 2 rings (SSSR count). The second-order valence-electron chi connectivity index (χ2n) is 10.7. The van der Waals surface area contributed by atoms with Crippen LogP contribution in [0.2, 0.25) is 0 Å².